The second kappa shape index (κ2) is 10.5. The largest absolute Gasteiger partial charge is 0.493 e. The number of rotatable bonds is 8. The number of benzene rings is 2. The summed E-state index contributed by atoms with van der Waals surface area (Å²) in [6.07, 6.45) is 0.903. The van der Waals surface area contributed by atoms with Gasteiger partial charge >= 0.3 is 0 Å². The maximum atomic E-state index is 13.0. The molecule has 30 heavy (non-hydrogen) atoms. The monoisotopic (exact) mass is 432 g/mol. The summed E-state index contributed by atoms with van der Waals surface area (Å²) in [4.78, 5) is 15.2. The number of halogens is 1. The number of carbonyl (C=O) groups excluding carboxylic acids is 1. The number of morpholine rings is 1. The molecule has 1 saturated heterocycles. The molecule has 1 aliphatic rings. The maximum absolute atomic E-state index is 13.0. The standard InChI is InChI=1S/C23H29ClN2O4/c1-16(2)8-11-30-22-18(24)14-17(15-21(22)28-3)23(27)25-19-6-4-5-7-20(19)26-9-12-29-13-10-26/h4-7,14-16H,8-13H2,1-3H3,(H,25,27). The van der Waals surface area contributed by atoms with E-state index in [-0.39, 0.29) is 5.91 Å². The molecule has 0 spiro atoms. The highest BCUT2D eigenvalue weighted by molar-refractivity contribution is 6.32. The smallest absolute Gasteiger partial charge is 0.255 e. The first-order chi connectivity index (χ1) is 14.5. The summed E-state index contributed by atoms with van der Waals surface area (Å²) in [5, 5.41) is 3.36. The minimum atomic E-state index is -0.260. The predicted octanol–water partition coefficient (Wildman–Crippen LogP) is 4.86. The second-order valence-electron chi connectivity index (χ2n) is 7.59. The fourth-order valence-corrected chi connectivity index (χ4v) is 3.51. The Balaban J connectivity index is 1.78. The number of hydrogen-bond acceptors (Lipinski definition) is 5. The molecule has 0 aliphatic carbocycles. The van der Waals surface area contributed by atoms with Crippen LogP contribution in [0.25, 0.3) is 0 Å². The van der Waals surface area contributed by atoms with Crippen molar-refractivity contribution in [3.63, 3.8) is 0 Å². The molecule has 0 aromatic heterocycles. The minimum absolute atomic E-state index is 0.260. The zero-order valence-corrected chi connectivity index (χ0v) is 18.5. The Morgan fingerprint density at radius 2 is 1.97 bits per heavy atom. The van der Waals surface area contributed by atoms with E-state index < -0.39 is 0 Å². The summed E-state index contributed by atoms with van der Waals surface area (Å²) in [6, 6.07) is 11.0. The van der Waals surface area contributed by atoms with Gasteiger partial charge in [-0.2, -0.15) is 0 Å². The summed E-state index contributed by atoms with van der Waals surface area (Å²) in [7, 11) is 1.54. The van der Waals surface area contributed by atoms with Crippen molar-refractivity contribution in [3.8, 4) is 11.5 Å². The van der Waals surface area contributed by atoms with Crippen LogP contribution >= 0.6 is 11.6 Å². The first-order valence-electron chi connectivity index (χ1n) is 10.2. The SMILES string of the molecule is COc1cc(C(=O)Nc2ccccc2N2CCOCC2)cc(Cl)c1OCCC(C)C. The minimum Gasteiger partial charge on any atom is -0.493 e. The molecule has 0 radical (unpaired) electrons. The van der Waals surface area contributed by atoms with E-state index in [4.69, 9.17) is 25.8 Å². The summed E-state index contributed by atoms with van der Waals surface area (Å²) >= 11 is 6.42. The normalized spacial score (nSPS) is 14.0. The molecule has 6 nitrogen and oxygen atoms in total. The first-order valence-corrected chi connectivity index (χ1v) is 10.6. The first kappa shape index (κ1) is 22.2. The Morgan fingerprint density at radius 3 is 2.67 bits per heavy atom. The van der Waals surface area contributed by atoms with Gasteiger partial charge in [0.15, 0.2) is 11.5 Å². The van der Waals surface area contributed by atoms with Crippen LogP contribution in [0.3, 0.4) is 0 Å². The topological polar surface area (TPSA) is 60.0 Å². The molecule has 1 fully saturated rings. The quantitative estimate of drug-likeness (QED) is 0.645. The van der Waals surface area contributed by atoms with Gasteiger partial charge in [0.05, 0.1) is 43.3 Å². The zero-order chi connectivity index (χ0) is 21.5. The molecule has 162 valence electrons. The number of anilines is 2. The molecule has 2 aromatic rings. The number of para-hydroxylation sites is 2. The number of carbonyl (C=O) groups is 1. The molecule has 1 aliphatic heterocycles. The Kier molecular flexibility index (Phi) is 7.82. The van der Waals surface area contributed by atoms with E-state index in [9.17, 15) is 4.79 Å². The highest BCUT2D eigenvalue weighted by Crippen LogP contribution is 2.37. The van der Waals surface area contributed by atoms with Gasteiger partial charge in [-0.1, -0.05) is 37.6 Å². The number of nitrogens with zero attached hydrogens (tertiary/aromatic N) is 1. The van der Waals surface area contributed by atoms with Crippen LogP contribution in [0.4, 0.5) is 11.4 Å². The Morgan fingerprint density at radius 1 is 1.23 bits per heavy atom. The lowest BCUT2D eigenvalue weighted by Crippen LogP contribution is -2.36. The average Bonchev–Trinajstić information content (AvgIpc) is 2.75. The molecule has 0 atom stereocenters. The fourth-order valence-electron chi connectivity index (χ4n) is 3.24. The van der Waals surface area contributed by atoms with Crippen LogP contribution in [0.1, 0.15) is 30.6 Å². The molecule has 1 N–H and O–H groups in total. The summed E-state index contributed by atoms with van der Waals surface area (Å²) in [5.74, 6) is 1.17. The second-order valence-corrected chi connectivity index (χ2v) is 8.00. The number of nitrogens with one attached hydrogen (secondary N) is 1. The van der Waals surface area contributed by atoms with E-state index >= 15 is 0 Å². The highest BCUT2D eigenvalue weighted by atomic mass is 35.5. The summed E-state index contributed by atoms with van der Waals surface area (Å²) in [6.45, 7) is 7.71. The van der Waals surface area contributed by atoms with Gasteiger partial charge in [0, 0.05) is 18.7 Å². The van der Waals surface area contributed by atoms with E-state index in [0.717, 1.165) is 30.9 Å². The summed E-state index contributed by atoms with van der Waals surface area (Å²) < 4.78 is 16.7. The fraction of sp³-hybridized carbons (Fsp3) is 0.435. The van der Waals surface area contributed by atoms with Crippen molar-refractivity contribution < 1.29 is 19.0 Å². The Labute approximate surface area is 183 Å². The van der Waals surface area contributed by atoms with Crippen LogP contribution in [0, 0.1) is 5.92 Å². The van der Waals surface area contributed by atoms with Gasteiger partial charge < -0.3 is 24.4 Å². The lowest BCUT2D eigenvalue weighted by molar-refractivity contribution is 0.102. The van der Waals surface area contributed by atoms with Crippen molar-refractivity contribution in [2.24, 2.45) is 5.92 Å². The van der Waals surface area contributed by atoms with Gasteiger partial charge in [-0.15, -0.1) is 0 Å². The molecule has 0 unspecified atom stereocenters. The van der Waals surface area contributed by atoms with E-state index in [1.54, 1.807) is 12.1 Å². The van der Waals surface area contributed by atoms with Gasteiger partial charge in [-0.25, -0.2) is 0 Å². The Bertz CT molecular complexity index is 866. The van der Waals surface area contributed by atoms with Crippen LogP contribution < -0.4 is 19.7 Å². The molecule has 1 amide bonds. The van der Waals surface area contributed by atoms with Crippen LogP contribution in [-0.4, -0.2) is 45.9 Å². The van der Waals surface area contributed by atoms with Crippen molar-refractivity contribution in [1.82, 2.24) is 0 Å². The number of methoxy groups -OCH3 is 1. The number of hydrogen-bond donors (Lipinski definition) is 1. The van der Waals surface area contributed by atoms with Gasteiger partial charge in [0.25, 0.3) is 5.91 Å². The molecule has 3 rings (SSSR count). The van der Waals surface area contributed by atoms with Gasteiger partial charge in [0.1, 0.15) is 0 Å². The summed E-state index contributed by atoms with van der Waals surface area (Å²) in [5.41, 5.74) is 2.13. The number of ether oxygens (including phenoxy) is 3. The Hall–Kier alpha value is -2.44. The molecule has 0 bridgehead atoms. The highest BCUT2D eigenvalue weighted by Gasteiger charge is 2.19. The van der Waals surface area contributed by atoms with Crippen molar-refractivity contribution >= 4 is 28.9 Å². The van der Waals surface area contributed by atoms with E-state index in [2.05, 4.69) is 24.1 Å². The lowest BCUT2D eigenvalue weighted by atomic mass is 10.1. The van der Waals surface area contributed by atoms with Gasteiger partial charge in [0.2, 0.25) is 0 Å². The van der Waals surface area contributed by atoms with Crippen molar-refractivity contribution in [2.45, 2.75) is 20.3 Å². The molecular formula is C23H29ClN2O4. The third-order valence-electron chi connectivity index (χ3n) is 4.94. The predicted molar refractivity (Wildman–Crippen MR) is 120 cm³/mol. The molecule has 2 aromatic carbocycles. The molecular weight excluding hydrogens is 404 g/mol. The number of amides is 1. The molecule has 7 heteroatoms. The van der Waals surface area contributed by atoms with E-state index in [0.29, 0.717) is 47.8 Å². The van der Waals surface area contributed by atoms with E-state index in [1.807, 2.05) is 24.3 Å². The van der Waals surface area contributed by atoms with Crippen LogP contribution in [-0.2, 0) is 4.74 Å². The zero-order valence-electron chi connectivity index (χ0n) is 17.7. The lowest BCUT2D eigenvalue weighted by Gasteiger charge is -2.30. The van der Waals surface area contributed by atoms with Crippen LogP contribution in [0.15, 0.2) is 36.4 Å². The maximum Gasteiger partial charge on any atom is 0.255 e. The van der Waals surface area contributed by atoms with Crippen molar-refractivity contribution in [1.29, 1.82) is 0 Å². The van der Waals surface area contributed by atoms with Crippen LogP contribution in [0.5, 0.6) is 11.5 Å². The van der Waals surface area contributed by atoms with Crippen molar-refractivity contribution in [3.05, 3.63) is 47.0 Å². The van der Waals surface area contributed by atoms with Gasteiger partial charge in [-0.05, 0) is 36.6 Å². The third kappa shape index (κ3) is 5.58. The average molecular weight is 433 g/mol. The van der Waals surface area contributed by atoms with Crippen LogP contribution in [0.2, 0.25) is 5.02 Å². The van der Waals surface area contributed by atoms with E-state index in [1.165, 1.54) is 7.11 Å². The van der Waals surface area contributed by atoms with Crippen molar-refractivity contribution in [2.75, 3.05) is 50.2 Å². The molecule has 1 heterocycles. The van der Waals surface area contributed by atoms with Gasteiger partial charge in [-0.3, -0.25) is 4.79 Å². The third-order valence-corrected chi connectivity index (χ3v) is 5.22. The molecule has 0 saturated carbocycles.